The van der Waals surface area contributed by atoms with Gasteiger partial charge in [0.05, 0.1) is 0 Å². The van der Waals surface area contributed by atoms with E-state index in [1.807, 2.05) is 18.2 Å². The molecule has 1 unspecified atom stereocenters. The minimum absolute atomic E-state index is 0.0250. The summed E-state index contributed by atoms with van der Waals surface area (Å²) in [6.45, 7) is 4.85. The van der Waals surface area contributed by atoms with E-state index in [9.17, 15) is 13.2 Å². The van der Waals surface area contributed by atoms with E-state index >= 15 is 0 Å². The summed E-state index contributed by atoms with van der Waals surface area (Å²) in [6, 6.07) is 10.5. The van der Waals surface area contributed by atoms with Gasteiger partial charge in [-0.25, -0.2) is 0 Å². The number of hydrogen-bond donors (Lipinski definition) is 0. The van der Waals surface area contributed by atoms with Crippen LogP contribution in [0.5, 0.6) is 0 Å². The normalized spacial score (nSPS) is 33.0. The van der Waals surface area contributed by atoms with E-state index in [4.69, 9.17) is 0 Å². The third kappa shape index (κ3) is 3.23. The van der Waals surface area contributed by atoms with Crippen molar-refractivity contribution >= 4 is 35.2 Å². The summed E-state index contributed by atoms with van der Waals surface area (Å²) in [5.41, 5.74) is -0.853. The van der Waals surface area contributed by atoms with Crippen LogP contribution in [-0.2, 0) is 14.8 Å². The first kappa shape index (κ1) is 19.6. The van der Waals surface area contributed by atoms with E-state index in [1.54, 1.807) is 4.31 Å². The van der Waals surface area contributed by atoms with Crippen molar-refractivity contribution in [2.75, 3.05) is 12.3 Å². The van der Waals surface area contributed by atoms with Gasteiger partial charge in [0.15, 0.2) is 0 Å². The Balaban J connectivity index is 1.50. The molecule has 0 N–H and O–H groups in total. The molecule has 1 aromatic rings. The first-order valence-electron chi connectivity index (χ1n) is 9.97. The minimum atomic E-state index is -3.42. The molecule has 1 saturated heterocycles. The Morgan fingerprint density at radius 2 is 1.93 bits per heavy atom. The molecule has 27 heavy (non-hydrogen) atoms. The zero-order valence-corrected chi connectivity index (χ0v) is 18.7. The second kappa shape index (κ2) is 6.98. The average molecular weight is 454 g/mol. The molecule has 0 radical (unpaired) electrons. The fourth-order valence-electron chi connectivity index (χ4n) is 5.55. The Kier molecular flexibility index (Phi) is 5.07. The average Bonchev–Trinajstić information content (AvgIpc) is 3.24. The molecule has 2 aliphatic carbocycles. The van der Waals surface area contributed by atoms with Gasteiger partial charge in [-0.05, 0) is 0 Å². The van der Waals surface area contributed by atoms with E-state index in [2.05, 4.69) is 26.0 Å². The summed E-state index contributed by atoms with van der Waals surface area (Å²) in [5, 5.41) is 0.920. The molecule has 6 heteroatoms. The maximum absolute atomic E-state index is 13.4. The van der Waals surface area contributed by atoms with E-state index < -0.39 is 15.4 Å². The van der Waals surface area contributed by atoms with Crippen molar-refractivity contribution in [3.05, 3.63) is 30.3 Å². The van der Waals surface area contributed by atoms with Crippen LogP contribution in [-0.4, -0.2) is 51.8 Å². The number of rotatable bonds is 6. The second-order valence-electron chi connectivity index (χ2n) is 8.95. The van der Waals surface area contributed by atoms with Gasteiger partial charge in [-0.15, -0.1) is 0 Å². The molecule has 1 heterocycles. The van der Waals surface area contributed by atoms with Crippen LogP contribution in [0.25, 0.3) is 0 Å². The van der Waals surface area contributed by atoms with E-state index in [0.29, 0.717) is 18.9 Å². The number of hydrogen-bond acceptors (Lipinski definition) is 3. The van der Waals surface area contributed by atoms with Crippen LogP contribution in [0.15, 0.2) is 30.3 Å². The molecule has 148 valence electrons. The number of sulfonamides is 1. The summed E-state index contributed by atoms with van der Waals surface area (Å²) < 4.78 is 29.9. The molecule has 0 aromatic heterocycles. The van der Waals surface area contributed by atoms with Gasteiger partial charge < -0.3 is 0 Å². The molecule has 1 aliphatic heterocycles. The van der Waals surface area contributed by atoms with Gasteiger partial charge in [-0.3, -0.25) is 0 Å². The van der Waals surface area contributed by atoms with Crippen molar-refractivity contribution in [1.29, 1.82) is 0 Å². The molecule has 4 nitrogen and oxygen atoms in total. The van der Waals surface area contributed by atoms with Crippen molar-refractivity contribution in [3.8, 4) is 0 Å². The molecule has 3 aliphatic rings. The molecule has 4 rings (SSSR count). The zero-order chi connectivity index (χ0) is 19.3. The number of carbonyl (C=O) groups is 1. The Morgan fingerprint density at radius 3 is 2.56 bits per heavy atom. The third-order valence-corrected chi connectivity index (χ3v) is 11.9. The van der Waals surface area contributed by atoms with Crippen molar-refractivity contribution in [2.24, 2.45) is 16.7 Å². The van der Waals surface area contributed by atoms with Crippen LogP contribution in [0.1, 0.15) is 46.0 Å². The van der Waals surface area contributed by atoms with Crippen LogP contribution < -0.4 is 4.46 Å². The third-order valence-electron chi connectivity index (χ3n) is 7.43. The molecular weight excluding hydrogens is 425 g/mol. The summed E-state index contributed by atoms with van der Waals surface area (Å²) >= 11 is 0.281. The molecule has 1 aromatic carbocycles. The van der Waals surface area contributed by atoms with Crippen molar-refractivity contribution in [2.45, 2.75) is 57.3 Å². The van der Waals surface area contributed by atoms with Gasteiger partial charge in [0.1, 0.15) is 0 Å². The van der Waals surface area contributed by atoms with Crippen LogP contribution >= 0.6 is 0 Å². The topological polar surface area (TPSA) is 54.5 Å². The van der Waals surface area contributed by atoms with Crippen LogP contribution in [0.2, 0.25) is 5.32 Å². The zero-order valence-electron chi connectivity index (χ0n) is 16.2. The first-order valence-corrected chi connectivity index (χ1v) is 13.6. The van der Waals surface area contributed by atoms with Gasteiger partial charge in [0.2, 0.25) is 0 Å². The summed E-state index contributed by atoms with van der Waals surface area (Å²) in [4.78, 5) is 12.8. The van der Waals surface area contributed by atoms with Crippen LogP contribution in [0, 0.1) is 16.7 Å². The Morgan fingerprint density at radius 1 is 1.19 bits per heavy atom. The SMILES string of the molecule is CC1(C)[C@@H]2CC[C@@]1(CS(=O)(=O)N1CCCC1C[Se]c1ccccc1)C(=O)C2. The van der Waals surface area contributed by atoms with Crippen molar-refractivity contribution < 1.29 is 13.2 Å². The molecular formula is C21H29NO3SSe. The summed E-state index contributed by atoms with van der Waals surface area (Å²) in [5.74, 6) is 0.574. The number of ketones is 1. The standard InChI is InChI=1S/C21H29NO3SSe/c1-20(2)16-10-11-21(20,19(23)13-16)15-26(24,25)22-12-6-7-17(22)14-27-18-8-4-3-5-9-18/h3-5,8-9,16-17H,6-7,10-15H2,1-2H3/t16-,17?,21-/m1/s1. The van der Waals surface area contributed by atoms with Gasteiger partial charge in [0.25, 0.3) is 0 Å². The predicted molar refractivity (Wildman–Crippen MR) is 109 cm³/mol. The van der Waals surface area contributed by atoms with Gasteiger partial charge in [-0.1, -0.05) is 0 Å². The van der Waals surface area contributed by atoms with Crippen LogP contribution in [0.3, 0.4) is 0 Å². The van der Waals surface area contributed by atoms with Gasteiger partial charge in [0, 0.05) is 0 Å². The molecule has 0 spiro atoms. The quantitative estimate of drug-likeness (QED) is 0.621. The Hall–Kier alpha value is -0.681. The predicted octanol–water partition coefficient (Wildman–Crippen LogP) is 2.62. The first-order chi connectivity index (χ1) is 12.8. The van der Waals surface area contributed by atoms with Crippen molar-refractivity contribution in [3.63, 3.8) is 0 Å². The van der Waals surface area contributed by atoms with Crippen LogP contribution in [0.4, 0.5) is 0 Å². The van der Waals surface area contributed by atoms with E-state index in [-0.39, 0.29) is 37.9 Å². The Bertz CT molecular complexity index is 823. The Labute approximate surface area is 169 Å². The monoisotopic (exact) mass is 455 g/mol. The number of benzene rings is 1. The summed E-state index contributed by atoms with van der Waals surface area (Å²) in [6.07, 6.45) is 4.19. The van der Waals surface area contributed by atoms with Gasteiger partial charge in [-0.2, -0.15) is 0 Å². The molecule has 3 atom stereocenters. The number of carbonyl (C=O) groups excluding carboxylic acids is 1. The number of Topliss-reactive ketones (excluding diaryl/α,β-unsaturated/α-hetero) is 1. The van der Waals surface area contributed by atoms with E-state index in [0.717, 1.165) is 31.0 Å². The molecule has 2 bridgehead atoms. The maximum atomic E-state index is 13.4. The summed E-state index contributed by atoms with van der Waals surface area (Å²) in [7, 11) is -3.42. The number of nitrogens with zero attached hydrogens (tertiary/aromatic N) is 1. The second-order valence-corrected chi connectivity index (χ2v) is 13.2. The van der Waals surface area contributed by atoms with Gasteiger partial charge >= 0.3 is 169 Å². The molecule has 2 saturated carbocycles. The fraction of sp³-hybridized carbons (Fsp3) is 0.667. The van der Waals surface area contributed by atoms with Crippen molar-refractivity contribution in [1.82, 2.24) is 4.31 Å². The fourth-order valence-corrected chi connectivity index (χ4v) is 10.5. The number of fused-ring (bicyclic) bond motifs is 2. The molecule has 3 fully saturated rings. The molecule has 0 amide bonds. The van der Waals surface area contributed by atoms with E-state index in [1.165, 1.54) is 4.46 Å².